The fourth-order valence-corrected chi connectivity index (χ4v) is 4.57. The summed E-state index contributed by atoms with van der Waals surface area (Å²) in [5.74, 6) is -1.64. The summed E-state index contributed by atoms with van der Waals surface area (Å²) in [6, 6.07) is 14.4. The summed E-state index contributed by atoms with van der Waals surface area (Å²) in [5.41, 5.74) is 9.70. The molecule has 1 fully saturated rings. The molecule has 9 heteroatoms. The van der Waals surface area contributed by atoms with Crippen LogP contribution >= 0.6 is 0 Å². The molecule has 4 N–H and O–H groups in total. The number of ether oxygens (including phenoxy) is 2. The van der Waals surface area contributed by atoms with Crippen LogP contribution < -0.4 is 11.1 Å². The van der Waals surface area contributed by atoms with Crippen LogP contribution in [0.4, 0.5) is 4.79 Å². The lowest BCUT2D eigenvalue weighted by Gasteiger charge is -2.22. The van der Waals surface area contributed by atoms with E-state index in [1.54, 1.807) is 0 Å². The fraction of sp³-hybridized carbons (Fsp3) is 0.375. The molecule has 0 saturated carbocycles. The van der Waals surface area contributed by atoms with Gasteiger partial charge in [-0.25, -0.2) is 9.59 Å². The van der Waals surface area contributed by atoms with Crippen LogP contribution in [0.2, 0.25) is 0 Å². The highest BCUT2D eigenvalue weighted by molar-refractivity contribution is 5.83. The minimum Gasteiger partial charge on any atom is -0.480 e. The van der Waals surface area contributed by atoms with Crippen molar-refractivity contribution >= 4 is 18.0 Å². The molecule has 0 aromatic heterocycles. The number of carbonyl (C=O) groups is 3. The molecule has 1 aliphatic heterocycles. The second-order valence-corrected chi connectivity index (χ2v) is 8.15. The van der Waals surface area contributed by atoms with Crippen molar-refractivity contribution in [3.8, 4) is 11.1 Å². The molecular formula is C24H27N3O6. The Morgan fingerprint density at radius 2 is 1.70 bits per heavy atom. The molecule has 2 aromatic rings. The molecule has 0 radical (unpaired) electrons. The van der Waals surface area contributed by atoms with Gasteiger partial charge in [-0.1, -0.05) is 48.5 Å². The second kappa shape index (κ2) is 10.0. The Morgan fingerprint density at radius 1 is 1.06 bits per heavy atom. The maximum absolute atomic E-state index is 12.9. The number of nitrogens with one attached hydrogen (secondary N) is 1. The van der Waals surface area contributed by atoms with Crippen LogP contribution in [0.15, 0.2) is 48.5 Å². The zero-order valence-corrected chi connectivity index (χ0v) is 18.1. The summed E-state index contributed by atoms with van der Waals surface area (Å²) in [7, 11) is 0. The molecule has 0 unspecified atom stereocenters. The fourth-order valence-electron chi connectivity index (χ4n) is 4.57. The standard InChI is InChI=1S/C24H27N3O6/c25-9-10-32-14-22(28)26-15-11-21(23(29)30)27(12-15)24(31)33-13-20-18-7-3-1-5-16(18)17-6-2-4-8-19(17)20/h1-8,15,20-21H,9-14,25H2,(H,26,28)(H,29,30)/t15-,21+/m1/s1. The molecule has 2 amide bonds. The third-order valence-electron chi connectivity index (χ3n) is 6.02. The molecule has 174 valence electrons. The minimum atomic E-state index is -1.14. The zero-order valence-electron chi connectivity index (χ0n) is 18.1. The molecule has 0 bridgehead atoms. The summed E-state index contributed by atoms with van der Waals surface area (Å²) in [6.45, 7) is 0.529. The van der Waals surface area contributed by atoms with E-state index in [0.717, 1.165) is 22.3 Å². The molecule has 1 aliphatic carbocycles. The summed E-state index contributed by atoms with van der Waals surface area (Å²) in [6.07, 6.45) is -0.609. The molecule has 2 aliphatic rings. The van der Waals surface area contributed by atoms with Crippen LogP contribution in [-0.4, -0.2) is 73.0 Å². The summed E-state index contributed by atoms with van der Waals surface area (Å²) >= 11 is 0. The van der Waals surface area contributed by atoms with Gasteiger partial charge in [0.05, 0.1) is 6.61 Å². The Balaban J connectivity index is 1.40. The molecule has 2 aromatic carbocycles. The van der Waals surface area contributed by atoms with Crippen LogP contribution in [0.1, 0.15) is 23.5 Å². The number of likely N-dealkylation sites (tertiary alicyclic amines) is 1. The first kappa shape index (κ1) is 22.8. The topological polar surface area (TPSA) is 131 Å². The highest BCUT2D eigenvalue weighted by atomic mass is 16.6. The maximum atomic E-state index is 12.9. The van der Waals surface area contributed by atoms with Crippen molar-refractivity contribution in [1.82, 2.24) is 10.2 Å². The summed E-state index contributed by atoms with van der Waals surface area (Å²) in [5, 5.41) is 12.3. The maximum Gasteiger partial charge on any atom is 0.410 e. The lowest BCUT2D eigenvalue weighted by atomic mass is 9.98. The molecule has 33 heavy (non-hydrogen) atoms. The molecule has 9 nitrogen and oxygen atoms in total. The number of carboxylic acids is 1. The number of nitrogens with two attached hydrogens (primary N) is 1. The van der Waals surface area contributed by atoms with Gasteiger partial charge in [-0.05, 0) is 22.3 Å². The minimum absolute atomic E-state index is 0.0519. The van der Waals surface area contributed by atoms with Gasteiger partial charge in [0.25, 0.3) is 0 Å². The highest BCUT2D eigenvalue weighted by Gasteiger charge is 2.41. The number of benzene rings is 2. The average Bonchev–Trinajstić information content (AvgIpc) is 3.37. The van der Waals surface area contributed by atoms with Crippen molar-refractivity contribution in [3.63, 3.8) is 0 Å². The summed E-state index contributed by atoms with van der Waals surface area (Å²) < 4.78 is 10.7. The molecular weight excluding hydrogens is 426 g/mol. The number of hydrogen-bond acceptors (Lipinski definition) is 6. The van der Waals surface area contributed by atoms with E-state index < -0.39 is 24.1 Å². The van der Waals surface area contributed by atoms with Crippen molar-refractivity contribution in [1.29, 1.82) is 0 Å². The molecule has 1 heterocycles. The normalized spacial score (nSPS) is 19.1. The van der Waals surface area contributed by atoms with Crippen LogP contribution in [0.25, 0.3) is 11.1 Å². The Kier molecular flexibility index (Phi) is 6.90. The average molecular weight is 453 g/mol. The molecule has 2 atom stereocenters. The van der Waals surface area contributed by atoms with Crippen LogP contribution in [-0.2, 0) is 19.1 Å². The van der Waals surface area contributed by atoms with E-state index in [0.29, 0.717) is 6.54 Å². The van der Waals surface area contributed by atoms with E-state index in [2.05, 4.69) is 5.32 Å². The number of nitrogens with zero attached hydrogens (tertiary/aromatic N) is 1. The summed E-state index contributed by atoms with van der Waals surface area (Å²) in [4.78, 5) is 37.8. The van der Waals surface area contributed by atoms with Gasteiger partial charge >= 0.3 is 12.1 Å². The first-order chi connectivity index (χ1) is 16.0. The van der Waals surface area contributed by atoms with Gasteiger partial charge in [0.15, 0.2) is 0 Å². The second-order valence-electron chi connectivity index (χ2n) is 8.15. The number of carbonyl (C=O) groups excluding carboxylic acids is 2. The van der Waals surface area contributed by atoms with E-state index in [1.165, 1.54) is 4.90 Å². The third kappa shape index (κ3) is 4.84. The van der Waals surface area contributed by atoms with Crippen molar-refractivity contribution in [3.05, 3.63) is 59.7 Å². The highest BCUT2D eigenvalue weighted by Crippen LogP contribution is 2.44. The monoisotopic (exact) mass is 453 g/mol. The Hall–Kier alpha value is -3.43. The lowest BCUT2D eigenvalue weighted by molar-refractivity contribution is -0.141. The van der Waals surface area contributed by atoms with Crippen molar-refractivity contribution in [2.75, 3.05) is 32.9 Å². The van der Waals surface area contributed by atoms with Crippen molar-refractivity contribution < 1.29 is 29.0 Å². The van der Waals surface area contributed by atoms with Gasteiger partial charge in [0.2, 0.25) is 5.91 Å². The Labute approximate surface area is 191 Å². The van der Waals surface area contributed by atoms with Crippen molar-refractivity contribution in [2.24, 2.45) is 5.73 Å². The van der Waals surface area contributed by atoms with Gasteiger partial charge in [0.1, 0.15) is 19.3 Å². The zero-order chi connectivity index (χ0) is 23.4. The smallest absolute Gasteiger partial charge is 0.410 e. The number of carboxylic acid groups (broad SMARTS) is 1. The van der Waals surface area contributed by atoms with Crippen LogP contribution in [0.3, 0.4) is 0 Å². The Bertz CT molecular complexity index is 997. The SMILES string of the molecule is NCCOCC(=O)N[C@@H]1C[C@@H](C(=O)O)N(C(=O)OCC2c3ccccc3-c3ccccc32)C1. The molecule has 0 spiro atoms. The predicted molar refractivity (Wildman–Crippen MR) is 120 cm³/mol. The lowest BCUT2D eigenvalue weighted by Crippen LogP contribution is -2.42. The van der Waals surface area contributed by atoms with Crippen LogP contribution in [0, 0.1) is 0 Å². The van der Waals surface area contributed by atoms with Crippen molar-refractivity contribution in [2.45, 2.75) is 24.4 Å². The van der Waals surface area contributed by atoms with E-state index in [-0.39, 0.29) is 44.6 Å². The Morgan fingerprint density at radius 3 is 2.30 bits per heavy atom. The number of fused-ring (bicyclic) bond motifs is 3. The molecule has 1 saturated heterocycles. The van der Waals surface area contributed by atoms with E-state index in [4.69, 9.17) is 15.2 Å². The number of aliphatic carboxylic acids is 1. The number of amides is 2. The first-order valence-electron chi connectivity index (χ1n) is 10.9. The van der Waals surface area contributed by atoms with E-state index in [9.17, 15) is 19.5 Å². The van der Waals surface area contributed by atoms with Gasteiger partial charge in [-0.15, -0.1) is 0 Å². The van der Waals surface area contributed by atoms with Gasteiger partial charge in [0, 0.05) is 31.5 Å². The van der Waals surface area contributed by atoms with E-state index >= 15 is 0 Å². The van der Waals surface area contributed by atoms with Gasteiger partial charge in [-0.3, -0.25) is 9.69 Å². The number of rotatable bonds is 8. The first-order valence-corrected chi connectivity index (χ1v) is 10.9. The third-order valence-corrected chi connectivity index (χ3v) is 6.02. The van der Waals surface area contributed by atoms with E-state index in [1.807, 2.05) is 48.5 Å². The van der Waals surface area contributed by atoms with Gasteiger partial charge in [-0.2, -0.15) is 0 Å². The predicted octanol–water partition coefficient (Wildman–Crippen LogP) is 1.55. The largest absolute Gasteiger partial charge is 0.480 e. The van der Waals surface area contributed by atoms with Crippen LogP contribution in [0.5, 0.6) is 0 Å². The van der Waals surface area contributed by atoms with Gasteiger partial charge < -0.3 is 25.6 Å². The quantitative estimate of drug-likeness (QED) is 0.517. The number of hydrogen-bond donors (Lipinski definition) is 3. The molecule has 4 rings (SSSR count).